The fraction of sp³-hybridized carbons (Fsp3) is 0.478. The highest BCUT2D eigenvalue weighted by molar-refractivity contribution is 7.84. The Morgan fingerprint density at radius 1 is 1.25 bits per heavy atom. The molecule has 9 heteroatoms. The van der Waals surface area contributed by atoms with E-state index in [0.29, 0.717) is 22.3 Å². The van der Waals surface area contributed by atoms with Gasteiger partial charge in [-0.05, 0) is 55.7 Å². The largest absolute Gasteiger partial charge is 0.394 e. The van der Waals surface area contributed by atoms with Crippen molar-refractivity contribution in [1.29, 1.82) is 0 Å². The van der Waals surface area contributed by atoms with Crippen LogP contribution in [0.25, 0.3) is 5.65 Å². The lowest BCUT2D eigenvalue weighted by Crippen LogP contribution is -2.49. The minimum absolute atomic E-state index is 0.0336. The van der Waals surface area contributed by atoms with Crippen molar-refractivity contribution in [3.63, 3.8) is 0 Å². The van der Waals surface area contributed by atoms with E-state index in [4.69, 9.17) is 16.6 Å². The van der Waals surface area contributed by atoms with Gasteiger partial charge in [-0.2, -0.15) is 4.98 Å². The third kappa shape index (κ3) is 3.89. The Labute approximate surface area is 195 Å². The zero-order chi connectivity index (χ0) is 22.3. The summed E-state index contributed by atoms with van der Waals surface area (Å²) in [7, 11) is -1.27. The molecule has 2 N–H and O–H groups in total. The fourth-order valence-electron chi connectivity index (χ4n) is 4.84. The standard InChI is InChI=1S/C23H28ClN5O2S/c1-32(31)19-20(27-23(15-30)9-2-10-23)26-22(29-14-11-25-21(19)29)28-12-7-17(8-13-28)16-3-5-18(24)6-4-16/h3-6,11,14,17,27,30H,2,7-10,12-13,15H2,1H3/t32-/m0/s1. The number of imidazole rings is 1. The van der Waals surface area contributed by atoms with Crippen molar-refractivity contribution in [3.8, 4) is 0 Å². The van der Waals surface area contributed by atoms with E-state index in [1.807, 2.05) is 22.7 Å². The average Bonchev–Trinajstić information content (AvgIpc) is 3.25. The number of benzene rings is 1. The summed E-state index contributed by atoms with van der Waals surface area (Å²) in [5.41, 5.74) is 1.60. The average molecular weight is 474 g/mol. The van der Waals surface area contributed by atoms with Gasteiger partial charge in [-0.3, -0.25) is 8.61 Å². The molecule has 2 fully saturated rings. The Hall–Kier alpha value is -2.16. The van der Waals surface area contributed by atoms with Crippen LogP contribution in [0.1, 0.15) is 43.6 Å². The van der Waals surface area contributed by atoms with Crippen LogP contribution in [0, 0.1) is 0 Å². The summed E-state index contributed by atoms with van der Waals surface area (Å²) >= 11 is 6.05. The minimum Gasteiger partial charge on any atom is -0.394 e. The molecule has 1 saturated heterocycles. The molecule has 170 valence electrons. The fourth-order valence-corrected chi connectivity index (χ4v) is 5.74. The first kappa shape index (κ1) is 21.7. The van der Waals surface area contributed by atoms with Gasteiger partial charge in [0.15, 0.2) is 11.5 Å². The van der Waals surface area contributed by atoms with Crippen LogP contribution in [0.15, 0.2) is 41.6 Å². The van der Waals surface area contributed by atoms with Gasteiger partial charge in [0.2, 0.25) is 5.95 Å². The molecular weight excluding hydrogens is 446 g/mol. The Morgan fingerprint density at radius 3 is 2.56 bits per heavy atom. The van der Waals surface area contributed by atoms with Crippen LogP contribution in [0.3, 0.4) is 0 Å². The summed E-state index contributed by atoms with van der Waals surface area (Å²) < 4.78 is 14.6. The minimum atomic E-state index is -1.27. The van der Waals surface area contributed by atoms with Gasteiger partial charge in [0.1, 0.15) is 4.90 Å². The van der Waals surface area contributed by atoms with Gasteiger partial charge in [0.05, 0.1) is 22.9 Å². The van der Waals surface area contributed by atoms with Crippen LogP contribution in [-0.4, -0.2) is 55.2 Å². The molecule has 1 atom stereocenters. The van der Waals surface area contributed by atoms with E-state index >= 15 is 0 Å². The zero-order valence-corrected chi connectivity index (χ0v) is 19.7. The first-order valence-corrected chi connectivity index (χ1v) is 13.0. The van der Waals surface area contributed by atoms with Crippen molar-refractivity contribution in [3.05, 3.63) is 47.2 Å². The van der Waals surface area contributed by atoms with Gasteiger partial charge in [0, 0.05) is 36.8 Å². The highest BCUT2D eigenvalue weighted by Gasteiger charge is 2.38. The van der Waals surface area contributed by atoms with Crippen LogP contribution >= 0.6 is 11.6 Å². The van der Waals surface area contributed by atoms with Crippen LogP contribution in [0.4, 0.5) is 11.8 Å². The first-order valence-electron chi connectivity index (χ1n) is 11.1. The molecular formula is C23H28ClN5O2S. The normalized spacial score (nSPS) is 19.7. The van der Waals surface area contributed by atoms with Gasteiger partial charge < -0.3 is 15.3 Å². The van der Waals surface area contributed by atoms with Gasteiger partial charge in [-0.1, -0.05) is 23.7 Å². The van der Waals surface area contributed by atoms with Crippen molar-refractivity contribution in [2.75, 3.05) is 36.2 Å². The predicted octanol–water partition coefficient (Wildman–Crippen LogP) is 3.83. The molecule has 3 heterocycles. The Kier molecular flexibility index (Phi) is 5.86. The van der Waals surface area contributed by atoms with E-state index in [1.54, 1.807) is 12.5 Å². The molecule has 0 amide bonds. The third-order valence-corrected chi connectivity index (χ3v) is 8.09. The monoisotopic (exact) mass is 473 g/mol. The molecule has 0 spiro atoms. The van der Waals surface area contributed by atoms with Crippen LogP contribution in [0.5, 0.6) is 0 Å². The molecule has 3 aromatic rings. The van der Waals surface area contributed by atoms with E-state index < -0.39 is 10.8 Å². The topological polar surface area (TPSA) is 82.8 Å². The van der Waals surface area contributed by atoms with Crippen LogP contribution < -0.4 is 10.2 Å². The summed E-state index contributed by atoms with van der Waals surface area (Å²) in [5, 5.41) is 14.2. The number of rotatable bonds is 6. The van der Waals surface area contributed by atoms with Crippen molar-refractivity contribution >= 4 is 39.8 Å². The maximum absolute atomic E-state index is 12.7. The first-order chi connectivity index (χ1) is 15.5. The second-order valence-electron chi connectivity index (χ2n) is 8.89. The van der Waals surface area contributed by atoms with Crippen LogP contribution in [-0.2, 0) is 10.8 Å². The molecule has 2 aliphatic rings. The number of fused-ring (bicyclic) bond motifs is 1. The summed E-state index contributed by atoms with van der Waals surface area (Å²) in [6.07, 6.45) is 10.1. The molecule has 0 bridgehead atoms. The number of aromatic nitrogens is 3. The Morgan fingerprint density at radius 2 is 1.97 bits per heavy atom. The maximum atomic E-state index is 12.7. The summed E-state index contributed by atoms with van der Waals surface area (Å²) in [4.78, 5) is 12.3. The quantitative estimate of drug-likeness (QED) is 0.566. The molecule has 7 nitrogen and oxygen atoms in total. The number of aliphatic hydroxyl groups is 1. The number of aliphatic hydroxyl groups excluding tert-OH is 1. The Balaban J connectivity index is 1.46. The van der Waals surface area contributed by atoms with Gasteiger partial charge >= 0.3 is 0 Å². The number of hydrogen-bond acceptors (Lipinski definition) is 6. The molecule has 1 saturated carbocycles. The maximum Gasteiger partial charge on any atom is 0.213 e. The summed E-state index contributed by atoms with van der Waals surface area (Å²) in [6, 6.07) is 8.16. The summed E-state index contributed by atoms with van der Waals surface area (Å²) in [5.74, 6) is 1.87. The predicted molar refractivity (Wildman–Crippen MR) is 128 cm³/mol. The lowest BCUT2D eigenvalue weighted by molar-refractivity contribution is 0.143. The van der Waals surface area contributed by atoms with Crippen molar-refractivity contribution < 1.29 is 9.32 Å². The number of nitrogens with zero attached hydrogens (tertiary/aromatic N) is 4. The van der Waals surface area contributed by atoms with Gasteiger partial charge in [0.25, 0.3) is 0 Å². The van der Waals surface area contributed by atoms with Crippen molar-refractivity contribution in [2.24, 2.45) is 0 Å². The number of piperidine rings is 1. The smallest absolute Gasteiger partial charge is 0.213 e. The molecule has 1 aliphatic carbocycles. The van der Waals surface area contributed by atoms with Crippen molar-refractivity contribution in [2.45, 2.75) is 48.5 Å². The molecule has 2 aromatic heterocycles. The van der Waals surface area contributed by atoms with Gasteiger partial charge in [-0.15, -0.1) is 0 Å². The lowest BCUT2D eigenvalue weighted by Gasteiger charge is -2.42. The second kappa shape index (κ2) is 8.65. The number of halogens is 1. The third-order valence-electron chi connectivity index (χ3n) is 6.89. The van der Waals surface area contributed by atoms with Crippen molar-refractivity contribution in [1.82, 2.24) is 14.4 Å². The zero-order valence-electron chi connectivity index (χ0n) is 18.1. The van der Waals surface area contributed by atoms with E-state index in [-0.39, 0.29) is 12.1 Å². The number of nitrogens with one attached hydrogen (secondary N) is 1. The molecule has 0 radical (unpaired) electrons. The summed E-state index contributed by atoms with van der Waals surface area (Å²) in [6.45, 7) is 1.77. The SMILES string of the molecule is C[S@](=O)c1c(NC2(CO)CCC2)nc(N2CCC(c3ccc(Cl)cc3)CC2)n2ccnc12. The molecule has 0 unspecified atom stereocenters. The van der Waals surface area contributed by atoms with E-state index in [9.17, 15) is 9.32 Å². The highest BCUT2D eigenvalue weighted by atomic mass is 35.5. The molecule has 5 rings (SSSR count). The molecule has 1 aromatic carbocycles. The van der Waals surface area contributed by atoms with E-state index in [2.05, 4.69) is 27.3 Å². The van der Waals surface area contributed by atoms with E-state index in [0.717, 1.165) is 56.2 Å². The number of hydrogen-bond donors (Lipinski definition) is 2. The van der Waals surface area contributed by atoms with E-state index in [1.165, 1.54) is 5.56 Å². The second-order valence-corrected chi connectivity index (χ2v) is 10.6. The molecule has 1 aliphatic heterocycles. The Bertz CT molecular complexity index is 1130. The highest BCUT2D eigenvalue weighted by Crippen LogP contribution is 2.38. The van der Waals surface area contributed by atoms with Crippen LogP contribution in [0.2, 0.25) is 5.02 Å². The molecule has 32 heavy (non-hydrogen) atoms. The van der Waals surface area contributed by atoms with Gasteiger partial charge in [-0.25, -0.2) is 4.98 Å². The lowest BCUT2D eigenvalue weighted by atomic mass is 9.77. The number of anilines is 2.